The third-order valence-electron chi connectivity index (χ3n) is 2.74. The predicted octanol–water partition coefficient (Wildman–Crippen LogP) is -0.195. The van der Waals surface area contributed by atoms with Gasteiger partial charge in [0, 0.05) is 24.8 Å². The molecule has 0 bridgehead atoms. The summed E-state index contributed by atoms with van der Waals surface area (Å²) in [5.41, 5.74) is 3.30. The van der Waals surface area contributed by atoms with E-state index in [1.807, 2.05) is 25.6 Å². The summed E-state index contributed by atoms with van der Waals surface area (Å²) in [5.74, 6) is 0.0189. The Morgan fingerprint density at radius 3 is 2.53 bits per heavy atom. The fourth-order valence-electron chi connectivity index (χ4n) is 1.69. The highest BCUT2D eigenvalue weighted by molar-refractivity contribution is 7.89. The number of nitrogens with zero attached hydrogens (tertiary/aromatic N) is 2. The molecule has 0 saturated carbocycles. The molecule has 7 heteroatoms. The molecule has 17 heavy (non-hydrogen) atoms. The highest BCUT2D eigenvalue weighted by Gasteiger charge is 2.08. The van der Waals surface area contributed by atoms with Gasteiger partial charge in [-0.3, -0.25) is 4.68 Å². The van der Waals surface area contributed by atoms with Gasteiger partial charge >= 0.3 is 0 Å². The van der Waals surface area contributed by atoms with E-state index in [1.54, 1.807) is 0 Å². The van der Waals surface area contributed by atoms with Crippen molar-refractivity contribution in [2.45, 2.75) is 26.8 Å². The average Bonchev–Trinajstić information content (AvgIpc) is 2.42. The lowest BCUT2D eigenvalue weighted by molar-refractivity contribution is 0.590. The van der Waals surface area contributed by atoms with Gasteiger partial charge in [-0.05, 0) is 26.8 Å². The predicted molar refractivity (Wildman–Crippen MR) is 67.0 cm³/mol. The molecule has 0 aromatic carbocycles. The maximum absolute atomic E-state index is 10.7. The Kier molecular flexibility index (Phi) is 4.67. The SMILES string of the molecule is Cc1nn(C)c(C)c1CNCCCS(N)(=O)=O. The number of hydrogen-bond acceptors (Lipinski definition) is 4. The molecule has 1 aromatic heterocycles. The first-order valence-corrected chi connectivity index (χ1v) is 7.23. The second-order valence-corrected chi connectivity index (χ2v) is 5.90. The van der Waals surface area contributed by atoms with Gasteiger partial charge in [-0.2, -0.15) is 5.10 Å². The third-order valence-corrected chi connectivity index (χ3v) is 3.60. The van der Waals surface area contributed by atoms with Gasteiger partial charge in [0.25, 0.3) is 0 Å². The first-order chi connectivity index (χ1) is 7.81. The number of hydrogen-bond donors (Lipinski definition) is 2. The molecule has 0 aliphatic heterocycles. The lowest BCUT2D eigenvalue weighted by atomic mass is 10.2. The molecule has 3 N–H and O–H groups in total. The minimum Gasteiger partial charge on any atom is -0.313 e. The lowest BCUT2D eigenvalue weighted by Crippen LogP contribution is -2.22. The van der Waals surface area contributed by atoms with E-state index >= 15 is 0 Å². The number of aryl methyl sites for hydroxylation is 2. The smallest absolute Gasteiger partial charge is 0.209 e. The van der Waals surface area contributed by atoms with Crippen LogP contribution >= 0.6 is 0 Å². The zero-order chi connectivity index (χ0) is 13.1. The first-order valence-electron chi connectivity index (χ1n) is 5.51. The Balaban J connectivity index is 2.37. The molecular formula is C10H20N4O2S. The number of sulfonamides is 1. The molecule has 1 rings (SSSR count). The van der Waals surface area contributed by atoms with Crippen LogP contribution in [-0.2, 0) is 23.6 Å². The molecule has 0 amide bonds. The van der Waals surface area contributed by atoms with E-state index in [4.69, 9.17) is 5.14 Å². The molecule has 0 aliphatic carbocycles. The van der Waals surface area contributed by atoms with Crippen molar-refractivity contribution in [3.05, 3.63) is 17.0 Å². The van der Waals surface area contributed by atoms with E-state index in [-0.39, 0.29) is 5.75 Å². The highest BCUT2D eigenvalue weighted by Crippen LogP contribution is 2.10. The van der Waals surface area contributed by atoms with Gasteiger partial charge in [0.15, 0.2) is 0 Å². The summed E-state index contributed by atoms with van der Waals surface area (Å²) >= 11 is 0. The molecule has 0 radical (unpaired) electrons. The van der Waals surface area contributed by atoms with Crippen molar-refractivity contribution in [1.82, 2.24) is 15.1 Å². The van der Waals surface area contributed by atoms with Crippen LogP contribution in [0.2, 0.25) is 0 Å². The summed E-state index contributed by atoms with van der Waals surface area (Å²) < 4.78 is 23.3. The van der Waals surface area contributed by atoms with Gasteiger partial charge in [-0.15, -0.1) is 0 Å². The number of primary sulfonamides is 1. The number of aromatic nitrogens is 2. The molecule has 0 saturated heterocycles. The average molecular weight is 260 g/mol. The molecule has 0 aliphatic rings. The fourth-order valence-corrected chi connectivity index (χ4v) is 2.23. The maximum atomic E-state index is 10.7. The molecule has 0 spiro atoms. The highest BCUT2D eigenvalue weighted by atomic mass is 32.2. The minimum absolute atomic E-state index is 0.0189. The molecule has 6 nitrogen and oxygen atoms in total. The van der Waals surface area contributed by atoms with E-state index < -0.39 is 10.0 Å². The molecule has 0 atom stereocenters. The molecular weight excluding hydrogens is 240 g/mol. The Hall–Kier alpha value is -0.920. The first kappa shape index (κ1) is 14.1. The summed E-state index contributed by atoms with van der Waals surface area (Å²) in [6.07, 6.45) is 0.525. The van der Waals surface area contributed by atoms with Crippen molar-refractivity contribution in [3.8, 4) is 0 Å². The zero-order valence-electron chi connectivity index (χ0n) is 10.5. The second-order valence-electron chi connectivity index (χ2n) is 4.17. The summed E-state index contributed by atoms with van der Waals surface area (Å²) in [7, 11) is -1.43. The number of nitrogens with two attached hydrogens (primary N) is 1. The van der Waals surface area contributed by atoms with Crippen LogP contribution in [0, 0.1) is 13.8 Å². The Morgan fingerprint density at radius 1 is 1.41 bits per heavy atom. The van der Waals surface area contributed by atoms with Gasteiger partial charge in [-0.1, -0.05) is 0 Å². The number of rotatable bonds is 6. The largest absolute Gasteiger partial charge is 0.313 e. The fraction of sp³-hybridized carbons (Fsp3) is 0.700. The molecule has 0 unspecified atom stereocenters. The molecule has 1 heterocycles. The summed E-state index contributed by atoms with van der Waals surface area (Å²) in [5, 5.41) is 12.4. The van der Waals surface area contributed by atoms with Crippen molar-refractivity contribution >= 4 is 10.0 Å². The summed E-state index contributed by atoms with van der Waals surface area (Å²) in [6.45, 7) is 5.32. The van der Waals surface area contributed by atoms with Crippen LogP contribution in [0.4, 0.5) is 0 Å². The van der Waals surface area contributed by atoms with Gasteiger partial charge in [-0.25, -0.2) is 13.6 Å². The standard InChI is InChI=1S/C10H20N4O2S/c1-8-10(9(2)14(3)13-8)7-12-5-4-6-17(11,15)16/h12H,4-7H2,1-3H3,(H2,11,15,16). The van der Waals surface area contributed by atoms with E-state index in [1.165, 1.54) is 5.56 Å². The second kappa shape index (κ2) is 5.61. The van der Waals surface area contributed by atoms with E-state index in [0.29, 0.717) is 19.5 Å². The van der Waals surface area contributed by atoms with Crippen molar-refractivity contribution in [3.63, 3.8) is 0 Å². The van der Waals surface area contributed by atoms with E-state index in [9.17, 15) is 8.42 Å². The van der Waals surface area contributed by atoms with Crippen LogP contribution in [-0.4, -0.2) is 30.5 Å². The third kappa shape index (κ3) is 4.45. The van der Waals surface area contributed by atoms with E-state index in [0.717, 1.165) is 11.4 Å². The van der Waals surface area contributed by atoms with Crippen molar-refractivity contribution in [1.29, 1.82) is 0 Å². The maximum Gasteiger partial charge on any atom is 0.209 e. The van der Waals surface area contributed by atoms with Crippen molar-refractivity contribution in [2.24, 2.45) is 12.2 Å². The molecule has 0 fully saturated rings. The van der Waals surface area contributed by atoms with Gasteiger partial charge < -0.3 is 5.32 Å². The van der Waals surface area contributed by atoms with Crippen LogP contribution in [0.5, 0.6) is 0 Å². The molecule has 98 valence electrons. The Labute approximate surface area is 102 Å². The normalized spacial score (nSPS) is 12.0. The Morgan fingerprint density at radius 2 is 2.06 bits per heavy atom. The number of nitrogens with one attached hydrogen (secondary N) is 1. The van der Waals surface area contributed by atoms with Gasteiger partial charge in [0.2, 0.25) is 10.0 Å². The van der Waals surface area contributed by atoms with Crippen LogP contribution < -0.4 is 10.5 Å². The van der Waals surface area contributed by atoms with Crippen LogP contribution in [0.15, 0.2) is 0 Å². The van der Waals surface area contributed by atoms with Gasteiger partial charge in [0.05, 0.1) is 11.4 Å². The topological polar surface area (TPSA) is 90.0 Å². The summed E-state index contributed by atoms with van der Waals surface area (Å²) in [4.78, 5) is 0. The summed E-state index contributed by atoms with van der Waals surface area (Å²) in [6, 6.07) is 0. The Bertz CT molecular complexity index is 479. The van der Waals surface area contributed by atoms with Crippen LogP contribution in [0.25, 0.3) is 0 Å². The zero-order valence-corrected chi connectivity index (χ0v) is 11.3. The van der Waals surface area contributed by atoms with Gasteiger partial charge in [0.1, 0.15) is 0 Å². The van der Waals surface area contributed by atoms with Crippen LogP contribution in [0.3, 0.4) is 0 Å². The quantitative estimate of drug-likeness (QED) is 0.693. The minimum atomic E-state index is -3.34. The van der Waals surface area contributed by atoms with Crippen LogP contribution in [0.1, 0.15) is 23.4 Å². The van der Waals surface area contributed by atoms with E-state index in [2.05, 4.69) is 10.4 Å². The monoisotopic (exact) mass is 260 g/mol. The van der Waals surface area contributed by atoms with Crippen molar-refractivity contribution < 1.29 is 8.42 Å². The van der Waals surface area contributed by atoms with Crippen molar-refractivity contribution in [2.75, 3.05) is 12.3 Å². The lowest BCUT2D eigenvalue weighted by Gasteiger charge is -2.04. The molecule has 1 aromatic rings.